The minimum atomic E-state index is -4.76. The van der Waals surface area contributed by atoms with Crippen LogP contribution in [0, 0.1) is 0 Å². The normalized spacial score (nSPS) is 11.2. The minimum Gasteiger partial charge on any atom is -0.406 e. The van der Waals surface area contributed by atoms with Crippen molar-refractivity contribution in [1.82, 2.24) is 10.9 Å². The van der Waals surface area contributed by atoms with Crippen LogP contribution in [0.15, 0.2) is 60.7 Å². The lowest BCUT2D eigenvalue weighted by Crippen LogP contribution is -2.40. The van der Waals surface area contributed by atoms with Crippen LogP contribution in [0.5, 0.6) is 5.75 Å². The van der Waals surface area contributed by atoms with Gasteiger partial charge < -0.3 is 4.74 Å². The summed E-state index contributed by atoms with van der Waals surface area (Å²) in [6.45, 7) is 0. The quantitative estimate of drug-likeness (QED) is 0.658. The van der Waals surface area contributed by atoms with Crippen molar-refractivity contribution in [3.8, 4) is 5.75 Å². The molecule has 0 fully saturated rings. The van der Waals surface area contributed by atoms with Crippen molar-refractivity contribution < 1.29 is 27.5 Å². The van der Waals surface area contributed by atoms with Gasteiger partial charge >= 0.3 is 6.36 Å². The Bertz CT molecular complexity index is 757. The summed E-state index contributed by atoms with van der Waals surface area (Å²) in [5.41, 5.74) is 5.30. The largest absolute Gasteiger partial charge is 0.573 e. The predicted octanol–water partition coefficient (Wildman–Crippen LogP) is 3.06. The Morgan fingerprint density at radius 1 is 0.920 bits per heavy atom. The van der Waals surface area contributed by atoms with Crippen molar-refractivity contribution in [2.24, 2.45) is 0 Å². The van der Waals surface area contributed by atoms with Crippen LogP contribution >= 0.6 is 0 Å². The molecule has 8 heteroatoms. The van der Waals surface area contributed by atoms with Gasteiger partial charge in [-0.25, -0.2) is 0 Å². The molecule has 0 spiro atoms. The fourth-order valence-corrected chi connectivity index (χ4v) is 1.77. The van der Waals surface area contributed by atoms with E-state index in [0.29, 0.717) is 11.1 Å². The molecule has 2 N–H and O–H groups in total. The van der Waals surface area contributed by atoms with Gasteiger partial charge in [-0.1, -0.05) is 30.3 Å². The van der Waals surface area contributed by atoms with Crippen molar-refractivity contribution >= 4 is 17.9 Å². The van der Waals surface area contributed by atoms with Gasteiger partial charge in [-0.3, -0.25) is 20.4 Å². The van der Waals surface area contributed by atoms with E-state index in [4.69, 9.17) is 0 Å². The predicted molar refractivity (Wildman–Crippen MR) is 84.2 cm³/mol. The second-order valence-corrected chi connectivity index (χ2v) is 4.76. The Morgan fingerprint density at radius 2 is 1.56 bits per heavy atom. The smallest absolute Gasteiger partial charge is 0.406 e. The van der Waals surface area contributed by atoms with E-state index < -0.39 is 18.2 Å². The molecular formula is C17H13F3N2O3. The Labute approximate surface area is 141 Å². The Hall–Kier alpha value is -3.29. The van der Waals surface area contributed by atoms with Gasteiger partial charge in [-0.05, 0) is 35.9 Å². The molecule has 0 heterocycles. The molecule has 5 nitrogen and oxygen atoms in total. The first kappa shape index (κ1) is 18.1. The number of amides is 2. The zero-order chi connectivity index (χ0) is 18.3. The second-order valence-electron chi connectivity index (χ2n) is 4.76. The highest BCUT2D eigenvalue weighted by atomic mass is 19.4. The van der Waals surface area contributed by atoms with Gasteiger partial charge in [0.05, 0.1) is 0 Å². The number of hydrogen-bond donors (Lipinski definition) is 2. The van der Waals surface area contributed by atoms with E-state index in [1.165, 1.54) is 18.2 Å². The summed E-state index contributed by atoms with van der Waals surface area (Å²) in [5, 5.41) is 0. The monoisotopic (exact) mass is 350 g/mol. The molecule has 0 aromatic heterocycles. The third-order valence-corrected chi connectivity index (χ3v) is 2.88. The molecule has 0 unspecified atom stereocenters. The maximum atomic E-state index is 12.0. The van der Waals surface area contributed by atoms with Crippen molar-refractivity contribution in [3.05, 3.63) is 71.8 Å². The fourth-order valence-electron chi connectivity index (χ4n) is 1.77. The molecule has 0 saturated carbocycles. The molecule has 25 heavy (non-hydrogen) atoms. The molecule has 0 atom stereocenters. The van der Waals surface area contributed by atoms with Gasteiger partial charge in [0.25, 0.3) is 11.8 Å². The SMILES string of the molecule is O=C(/C=C/c1ccc(OC(F)(F)F)cc1)NNC(=O)c1ccccc1. The van der Waals surface area contributed by atoms with Gasteiger partial charge in [0.2, 0.25) is 0 Å². The van der Waals surface area contributed by atoms with Crippen LogP contribution < -0.4 is 15.6 Å². The molecule has 2 amide bonds. The van der Waals surface area contributed by atoms with E-state index >= 15 is 0 Å². The lowest BCUT2D eigenvalue weighted by Gasteiger charge is -2.08. The highest BCUT2D eigenvalue weighted by Gasteiger charge is 2.30. The average Bonchev–Trinajstić information content (AvgIpc) is 2.58. The highest BCUT2D eigenvalue weighted by Crippen LogP contribution is 2.22. The summed E-state index contributed by atoms with van der Waals surface area (Å²) in [6.07, 6.45) is -2.25. The second kappa shape index (κ2) is 8.00. The van der Waals surface area contributed by atoms with Crippen LogP contribution in [0.4, 0.5) is 13.2 Å². The summed E-state index contributed by atoms with van der Waals surface area (Å²) < 4.78 is 39.9. The first-order chi connectivity index (χ1) is 11.8. The van der Waals surface area contributed by atoms with Crippen molar-refractivity contribution in [2.45, 2.75) is 6.36 Å². The summed E-state index contributed by atoms with van der Waals surface area (Å²) in [4.78, 5) is 23.3. The van der Waals surface area contributed by atoms with E-state index in [9.17, 15) is 22.8 Å². The van der Waals surface area contributed by atoms with E-state index in [1.807, 2.05) is 0 Å². The Morgan fingerprint density at radius 3 is 2.16 bits per heavy atom. The fraction of sp³-hybridized carbons (Fsp3) is 0.0588. The van der Waals surface area contributed by atoms with Crippen LogP contribution in [0.1, 0.15) is 15.9 Å². The Balaban J connectivity index is 1.84. The number of ether oxygens (including phenoxy) is 1. The number of alkyl halides is 3. The number of nitrogens with one attached hydrogen (secondary N) is 2. The van der Waals surface area contributed by atoms with Gasteiger partial charge in [-0.15, -0.1) is 13.2 Å². The summed E-state index contributed by atoms with van der Waals surface area (Å²) >= 11 is 0. The van der Waals surface area contributed by atoms with E-state index in [-0.39, 0.29) is 5.75 Å². The molecule has 2 aromatic carbocycles. The molecule has 0 aliphatic heterocycles. The number of benzene rings is 2. The van der Waals surface area contributed by atoms with Gasteiger partial charge in [-0.2, -0.15) is 0 Å². The zero-order valence-electron chi connectivity index (χ0n) is 12.7. The van der Waals surface area contributed by atoms with Crippen molar-refractivity contribution in [1.29, 1.82) is 0 Å². The Kier molecular flexibility index (Phi) is 5.78. The lowest BCUT2D eigenvalue weighted by atomic mass is 10.2. The van der Waals surface area contributed by atoms with Crippen molar-refractivity contribution in [2.75, 3.05) is 0 Å². The molecule has 0 aliphatic carbocycles. The third kappa shape index (κ3) is 6.38. The summed E-state index contributed by atoms with van der Waals surface area (Å²) in [5.74, 6) is -1.43. The number of carbonyl (C=O) groups excluding carboxylic acids is 2. The van der Waals surface area contributed by atoms with Gasteiger partial charge in [0, 0.05) is 11.6 Å². The van der Waals surface area contributed by atoms with E-state index in [1.54, 1.807) is 30.3 Å². The number of carbonyl (C=O) groups is 2. The maximum absolute atomic E-state index is 12.0. The van der Waals surface area contributed by atoms with Gasteiger partial charge in [0.1, 0.15) is 5.75 Å². The summed E-state index contributed by atoms with van der Waals surface area (Å²) in [6, 6.07) is 13.3. The number of hydrogen-bond acceptors (Lipinski definition) is 3. The van der Waals surface area contributed by atoms with Crippen LogP contribution in [-0.4, -0.2) is 18.2 Å². The molecule has 0 radical (unpaired) electrons. The molecule has 2 aromatic rings. The average molecular weight is 350 g/mol. The first-order valence-electron chi connectivity index (χ1n) is 7.03. The van der Waals surface area contributed by atoms with Crippen LogP contribution in [0.3, 0.4) is 0 Å². The molecule has 130 valence electrons. The van der Waals surface area contributed by atoms with Gasteiger partial charge in [0.15, 0.2) is 0 Å². The number of rotatable bonds is 4. The molecular weight excluding hydrogens is 337 g/mol. The van der Waals surface area contributed by atoms with Crippen LogP contribution in [-0.2, 0) is 4.79 Å². The lowest BCUT2D eigenvalue weighted by molar-refractivity contribution is -0.274. The minimum absolute atomic E-state index is 0.357. The van der Waals surface area contributed by atoms with E-state index in [2.05, 4.69) is 15.6 Å². The standard InChI is InChI=1S/C17H13F3N2O3/c18-17(19,20)25-14-9-6-12(7-10-14)8-11-15(23)21-22-16(24)13-4-2-1-3-5-13/h1-11H,(H,21,23)(H,22,24)/b11-8+. The topological polar surface area (TPSA) is 67.4 Å². The molecule has 0 saturated heterocycles. The molecule has 0 bridgehead atoms. The third-order valence-electron chi connectivity index (χ3n) is 2.88. The van der Waals surface area contributed by atoms with Crippen molar-refractivity contribution in [3.63, 3.8) is 0 Å². The van der Waals surface area contributed by atoms with Crippen LogP contribution in [0.25, 0.3) is 6.08 Å². The molecule has 0 aliphatic rings. The number of halogens is 3. The van der Waals surface area contributed by atoms with E-state index in [0.717, 1.165) is 18.2 Å². The number of hydrazine groups is 1. The first-order valence-corrected chi connectivity index (χ1v) is 7.03. The zero-order valence-corrected chi connectivity index (χ0v) is 12.7. The maximum Gasteiger partial charge on any atom is 0.573 e. The van der Waals surface area contributed by atoms with Crippen LogP contribution in [0.2, 0.25) is 0 Å². The molecule has 2 rings (SSSR count). The highest BCUT2D eigenvalue weighted by molar-refractivity contribution is 5.97. The summed E-state index contributed by atoms with van der Waals surface area (Å²) in [7, 11) is 0.